The number of carbonyl (C=O) groups is 1. The molecule has 146 valence electrons. The lowest BCUT2D eigenvalue weighted by atomic mass is 10.3. The summed E-state index contributed by atoms with van der Waals surface area (Å²) in [5.41, 5.74) is 2.66. The van der Waals surface area contributed by atoms with Gasteiger partial charge in [0.2, 0.25) is 0 Å². The molecule has 4 rings (SSSR count). The summed E-state index contributed by atoms with van der Waals surface area (Å²) in [5.74, 6) is 0.731. The summed E-state index contributed by atoms with van der Waals surface area (Å²) in [7, 11) is 0. The Bertz CT molecular complexity index is 1080. The van der Waals surface area contributed by atoms with Crippen LogP contribution in [0.4, 0.5) is 10.5 Å². The molecule has 0 aliphatic carbocycles. The van der Waals surface area contributed by atoms with Crippen LogP contribution in [0.15, 0.2) is 75.7 Å². The van der Waals surface area contributed by atoms with Crippen molar-refractivity contribution in [1.29, 1.82) is 0 Å². The molecule has 3 aromatic heterocycles. The molecule has 3 heterocycles. The topological polar surface area (TPSA) is 84.7 Å². The van der Waals surface area contributed by atoms with Crippen molar-refractivity contribution in [1.82, 2.24) is 25.1 Å². The van der Waals surface area contributed by atoms with Gasteiger partial charge in [-0.05, 0) is 48.9 Å². The first kappa shape index (κ1) is 19.2. The zero-order valence-electron chi connectivity index (χ0n) is 15.6. The highest BCUT2D eigenvalue weighted by Gasteiger charge is 2.05. The van der Waals surface area contributed by atoms with Crippen LogP contribution in [-0.4, -0.2) is 25.8 Å². The van der Waals surface area contributed by atoms with E-state index in [9.17, 15) is 4.79 Å². The fourth-order valence-electron chi connectivity index (χ4n) is 2.51. The summed E-state index contributed by atoms with van der Waals surface area (Å²) in [5, 5.41) is 11.8. The Morgan fingerprint density at radius 3 is 2.72 bits per heavy atom. The van der Waals surface area contributed by atoms with Gasteiger partial charge in [-0.1, -0.05) is 17.8 Å². The van der Waals surface area contributed by atoms with Gasteiger partial charge in [-0.25, -0.2) is 19.4 Å². The molecule has 0 saturated heterocycles. The third kappa shape index (κ3) is 5.21. The van der Waals surface area contributed by atoms with Crippen molar-refractivity contribution in [2.24, 2.45) is 0 Å². The number of carbonyl (C=O) groups excluding carboxylic acids is 1. The normalized spacial score (nSPS) is 10.7. The fraction of sp³-hybridized carbons (Fsp3) is 0.100. The second-order valence-corrected chi connectivity index (χ2v) is 8.34. The second-order valence-electron chi connectivity index (χ2n) is 6.16. The molecule has 0 aliphatic rings. The van der Waals surface area contributed by atoms with E-state index >= 15 is 0 Å². The minimum atomic E-state index is -0.267. The number of rotatable bonds is 6. The molecule has 7 nitrogen and oxygen atoms in total. The number of amides is 2. The zero-order chi connectivity index (χ0) is 20.1. The first-order chi connectivity index (χ1) is 14.2. The zero-order valence-corrected chi connectivity index (χ0v) is 17.2. The van der Waals surface area contributed by atoms with Gasteiger partial charge in [0.25, 0.3) is 0 Å². The van der Waals surface area contributed by atoms with Gasteiger partial charge in [0.15, 0.2) is 10.2 Å². The Morgan fingerprint density at radius 2 is 2.07 bits per heavy atom. The third-order valence-corrected chi connectivity index (χ3v) is 5.98. The van der Waals surface area contributed by atoms with E-state index in [-0.39, 0.29) is 6.03 Å². The molecule has 4 aromatic rings. The summed E-state index contributed by atoms with van der Waals surface area (Å²) in [6.45, 7) is 2.37. The predicted octanol–water partition coefficient (Wildman–Crippen LogP) is 4.51. The molecule has 0 aliphatic heterocycles. The summed E-state index contributed by atoms with van der Waals surface area (Å²) >= 11 is 3.24. The number of nitrogens with one attached hydrogen (secondary N) is 2. The Kier molecular flexibility index (Phi) is 5.87. The van der Waals surface area contributed by atoms with E-state index in [0.29, 0.717) is 6.54 Å². The molecule has 0 spiro atoms. The standard InChI is InChI=1S/C20H18N6OS2/c1-14-13-28-20(24-14)29-17-6-4-16(5-7-17)25-19(27)22-12-15-3-8-18(21-11-15)26-10-2-9-23-26/h2-11,13H,12H2,1H3,(H2,22,25,27). The van der Waals surface area contributed by atoms with Crippen molar-refractivity contribution in [2.45, 2.75) is 22.7 Å². The van der Waals surface area contributed by atoms with E-state index in [1.807, 2.05) is 61.0 Å². The van der Waals surface area contributed by atoms with Crippen LogP contribution in [0.25, 0.3) is 5.82 Å². The van der Waals surface area contributed by atoms with Gasteiger partial charge in [-0.3, -0.25) is 0 Å². The van der Waals surface area contributed by atoms with Crippen LogP contribution in [0.1, 0.15) is 11.3 Å². The predicted molar refractivity (Wildman–Crippen MR) is 115 cm³/mol. The van der Waals surface area contributed by atoms with Crippen molar-refractivity contribution < 1.29 is 4.79 Å². The maximum absolute atomic E-state index is 12.1. The summed E-state index contributed by atoms with van der Waals surface area (Å²) in [4.78, 5) is 22.0. The Morgan fingerprint density at radius 1 is 1.21 bits per heavy atom. The Labute approximate surface area is 176 Å². The Hall–Kier alpha value is -3.17. The summed E-state index contributed by atoms with van der Waals surface area (Å²) < 4.78 is 2.69. The van der Waals surface area contributed by atoms with E-state index in [0.717, 1.165) is 32.0 Å². The first-order valence-corrected chi connectivity index (χ1v) is 10.6. The van der Waals surface area contributed by atoms with Crippen LogP contribution in [0.3, 0.4) is 0 Å². The number of pyridine rings is 1. The molecule has 9 heteroatoms. The van der Waals surface area contributed by atoms with Crippen molar-refractivity contribution in [3.63, 3.8) is 0 Å². The van der Waals surface area contributed by atoms with Gasteiger partial charge < -0.3 is 10.6 Å². The molecule has 2 N–H and O–H groups in total. The van der Waals surface area contributed by atoms with Gasteiger partial charge in [-0.2, -0.15) is 5.10 Å². The average molecular weight is 423 g/mol. The highest BCUT2D eigenvalue weighted by molar-refractivity contribution is 8.01. The SMILES string of the molecule is Cc1csc(Sc2ccc(NC(=O)NCc3ccc(-n4cccn4)nc3)cc2)n1. The number of aryl methyl sites for hydroxylation is 1. The van der Waals surface area contributed by atoms with Crippen LogP contribution >= 0.6 is 23.1 Å². The van der Waals surface area contributed by atoms with Crippen LogP contribution in [0.2, 0.25) is 0 Å². The molecular formula is C20H18N6OS2. The number of benzene rings is 1. The van der Waals surface area contributed by atoms with Gasteiger partial charge in [0.1, 0.15) is 0 Å². The molecule has 0 fully saturated rings. The molecule has 29 heavy (non-hydrogen) atoms. The smallest absolute Gasteiger partial charge is 0.319 e. The number of nitrogens with zero attached hydrogens (tertiary/aromatic N) is 4. The van der Waals surface area contributed by atoms with Crippen molar-refractivity contribution in [2.75, 3.05) is 5.32 Å². The molecule has 0 atom stereocenters. The fourth-order valence-corrected chi connectivity index (χ4v) is 4.31. The van der Waals surface area contributed by atoms with Gasteiger partial charge in [0.05, 0.1) is 0 Å². The molecule has 0 saturated carbocycles. The second kappa shape index (κ2) is 8.89. The highest BCUT2D eigenvalue weighted by atomic mass is 32.2. The highest BCUT2D eigenvalue weighted by Crippen LogP contribution is 2.30. The largest absolute Gasteiger partial charge is 0.334 e. The number of anilines is 1. The van der Waals surface area contributed by atoms with Crippen LogP contribution < -0.4 is 10.6 Å². The maximum Gasteiger partial charge on any atom is 0.319 e. The summed E-state index contributed by atoms with van der Waals surface area (Å²) in [6.07, 6.45) is 5.26. The number of hydrogen-bond donors (Lipinski definition) is 2. The van der Waals surface area contributed by atoms with Crippen LogP contribution in [0, 0.1) is 6.92 Å². The van der Waals surface area contributed by atoms with E-state index < -0.39 is 0 Å². The number of thiazole rings is 1. The minimum Gasteiger partial charge on any atom is -0.334 e. The third-order valence-electron chi connectivity index (χ3n) is 3.92. The molecular weight excluding hydrogens is 404 g/mol. The van der Waals surface area contributed by atoms with Gasteiger partial charge in [0, 0.05) is 46.8 Å². The molecule has 2 amide bonds. The monoisotopic (exact) mass is 422 g/mol. The van der Waals surface area contributed by atoms with Gasteiger partial charge in [-0.15, -0.1) is 11.3 Å². The van der Waals surface area contributed by atoms with E-state index in [2.05, 4.69) is 25.7 Å². The lowest BCUT2D eigenvalue weighted by molar-refractivity contribution is 0.251. The van der Waals surface area contributed by atoms with E-state index in [1.165, 1.54) is 0 Å². The lowest BCUT2D eigenvalue weighted by Gasteiger charge is -2.08. The molecule has 1 aromatic carbocycles. The quantitative estimate of drug-likeness (QED) is 0.478. The lowest BCUT2D eigenvalue weighted by Crippen LogP contribution is -2.28. The number of aromatic nitrogens is 4. The molecule has 0 bridgehead atoms. The summed E-state index contributed by atoms with van der Waals surface area (Å²) in [6, 6.07) is 13.0. The Balaban J connectivity index is 1.27. The first-order valence-electron chi connectivity index (χ1n) is 8.85. The molecule has 0 radical (unpaired) electrons. The van der Waals surface area contributed by atoms with Crippen molar-refractivity contribution in [3.05, 3.63) is 77.7 Å². The van der Waals surface area contributed by atoms with Gasteiger partial charge >= 0.3 is 6.03 Å². The van der Waals surface area contributed by atoms with E-state index in [1.54, 1.807) is 40.2 Å². The van der Waals surface area contributed by atoms with Crippen molar-refractivity contribution in [3.8, 4) is 5.82 Å². The number of hydrogen-bond acceptors (Lipinski definition) is 6. The van der Waals surface area contributed by atoms with Crippen LogP contribution in [0.5, 0.6) is 0 Å². The van der Waals surface area contributed by atoms with Crippen molar-refractivity contribution >= 4 is 34.8 Å². The maximum atomic E-state index is 12.1. The van der Waals surface area contributed by atoms with E-state index in [4.69, 9.17) is 0 Å². The average Bonchev–Trinajstić information content (AvgIpc) is 3.40. The number of urea groups is 1. The minimum absolute atomic E-state index is 0.267. The van der Waals surface area contributed by atoms with Crippen LogP contribution in [-0.2, 0) is 6.54 Å². The molecule has 0 unspecified atom stereocenters.